The highest BCUT2D eigenvalue weighted by Crippen LogP contribution is 2.97. The van der Waals surface area contributed by atoms with Crippen molar-refractivity contribution in [2.45, 2.75) is 47.0 Å². The van der Waals surface area contributed by atoms with E-state index in [1.54, 1.807) is 6.42 Å². The predicted molar refractivity (Wildman–Crippen MR) is 55.4 cm³/mol. The second kappa shape index (κ2) is 1.99. The Labute approximate surface area is 82.1 Å². The normalized spacial score (nSPS) is 61.2. The topological polar surface area (TPSA) is 0 Å². The van der Waals surface area contributed by atoms with E-state index in [1.807, 2.05) is 0 Å². The first-order valence-corrected chi connectivity index (χ1v) is 6.08. The monoisotopic (exact) mass is 178 g/mol. The summed E-state index contributed by atoms with van der Waals surface area (Å²) in [6, 6.07) is 0. The first-order chi connectivity index (χ1) is 6.08. The molecular formula is C13H22. The minimum Gasteiger partial charge on any atom is -0.0648 e. The van der Waals surface area contributed by atoms with Crippen LogP contribution in [-0.2, 0) is 0 Å². The zero-order valence-electron chi connectivity index (χ0n) is 9.43. The van der Waals surface area contributed by atoms with Crippen molar-refractivity contribution in [3.63, 3.8) is 0 Å². The highest BCUT2D eigenvalue weighted by atomic mass is 15.0. The van der Waals surface area contributed by atoms with Gasteiger partial charge in [0.1, 0.15) is 0 Å². The molecule has 0 N–H and O–H groups in total. The SMILES string of the molecule is CCC12C(CC(C)C)C3CC1(C)C32. The summed E-state index contributed by atoms with van der Waals surface area (Å²) in [7, 11) is 0. The number of rotatable bonds is 3. The summed E-state index contributed by atoms with van der Waals surface area (Å²) in [4.78, 5) is 0. The van der Waals surface area contributed by atoms with Gasteiger partial charge in [-0.25, -0.2) is 0 Å². The number of hydrogen-bond acceptors (Lipinski definition) is 0. The predicted octanol–water partition coefficient (Wildman–Crippen LogP) is 3.71. The lowest BCUT2D eigenvalue weighted by molar-refractivity contribution is 0.0387. The smallest absolute Gasteiger partial charge is 0.0176 e. The molecule has 3 fully saturated rings. The average Bonchev–Trinajstić information content (AvgIpc) is 2.26. The van der Waals surface area contributed by atoms with Crippen molar-refractivity contribution in [2.75, 3.05) is 0 Å². The largest absolute Gasteiger partial charge is 0.0648 e. The molecular weight excluding hydrogens is 156 g/mol. The molecule has 0 heterocycles. The van der Waals surface area contributed by atoms with Crippen molar-refractivity contribution in [3.05, 3.63) is 0 Å². The first kappa shape index (κ1) is 8.32. The Morgan fingerprint density at radius 1 is 1.38 bits per heavy atom. The van der Waals surface area contributed by atoms with Crippen LogP contribution in [0.1, 0.15) is 47.0 Å². The molecule has 0 aromatic heterocycles. The Hall–Kier alpha value is 0. The summed E-state index contributed by atoms with van der Waals surface area (Å²) < 4.78 is 0. The van der Waals surface area contributed by atoms with Gasteiger partial charge in [0, 0.05) is 0 Å². The van der Waals surface area contributed by atoms with Gasteiger partial charge in [0.05, 0.1) is 0 Å². The van der Waals surface area contributed by atoms with Crippen molar-refractivity contribution < 1.29 is 0 Å². The Balaban J connectivity index is 1.80. The van der Waals surface area contributed by atoms with Crippen molar-refractivity contribution in [1.82, 2.24) is 0 Å². The Kier molecular flexibility index (Phi) is 1.27. The summed E-state index contributed by atoms with van der Waals surface area (Å²) in [5, 5.41) is 0. The van der Waals surface area contributed by atoms with Crippen molar-refractivity contribution >= 4 is 0 Å². The maximum Gasteiger partial charge on any atom is -0.0176 e. The Morgan fingerprint density at radius 2 is 2.08 bits per heavy atom. The van der Waals surface area contributed by atoms with Gasteiger partial charge in [0.15, 0.2) is 0 Å². The van der Waals surface area contributed by atoms with E-state index in [-0.39, 0.29) is 0 Å². The Morgan fingerprint density at radius 3 is 2.54 bits per heavy atom. The van der Waals surface area contributed by atoms with Crippen LogP contribution in [-0.4, -0.2) is 0 Å². The highest BCUT2D eigenvalue weighted by molar-refractivity contribution is 5.39. The molecule has 0 spiro atoms. The maximum absolute atomic E-state index is 2.55. The molecule has 0 aromatic rings. The van der Waals surface area contributed by atoms with Gasteiger partial charge in [-0.1, -0.05) is 27.7 Å². The van der Waals surface area contributed by atoms with Crippen LogP contribution in [0, 0.1) is 34.5 Å². The van der Waals surface area contributed by atoms with Crippen molar-refractivity contribution in [2.24, 2.45) is 34.5 Å². The van der Waals surface area contributed by atoms with Crippen LogP contribution in [0.5, 0.6) is 0 Å². The summed E-state index contributed by atoms with van der Waals surface area (Å²) in [6.07, 6.45) is 4.54. The van der Waals surface area contributed by atoms with Gasteiger partial charge < -0.3 is 0 Å². The second-order valence-corrected chi connectivity index (χ2v) is 6.39. The van der Waals surface area contributed by atoms with E-state index in [0.29, 0.717) is 0 Å². The molecule has 0 aliphatic heterocycles. The zero-order valence-corrected chi connectivity index (χ0v) is 9.43. The Bertz CT molecular complexity index is 255. The minimum atomic E-state index is 0.825. The summed E-state index contributed by atoms with van der Waals surface area (Å²) >= 11 is 0. The fourth-order valence-electron chi connectivity index (χ4n) is 5.52. The average molecular weight is 178 g/mol. The van der Waals surface area contributed by atoms with Gasteiger partial charge in [-0.2, -0.15) is 0 Å². The lowest BCUT2D eigenvalue weighted by Gasteiger charge is -2.44. The van der Waals surface area contributed by atoms with Crippen LogP contribution >= 0.6 is 0 Å². The first-order valence-electron chi connectivity index (χ1n) is 6.08. The van der Waals surface area contributed by atoms with Crippen LogP contribution in [0.4, 0.5) is 0 Å². The minimum absolute atomic E-state index is 0.825. The fourth-order valence-corrected chi connectivity index (χ4v) is 5.52. The van der Waals surface area contributed by atoms with E-state index in [2.05, 4.69) is 27.7 Å². The molecule has 0 nitrogen and oxygen atoms in total. The van der Waals surface area contributed by atoms with Gasteiger partial charge in [0.25, 0.3) is 0 Å². The molecule has 0 heteroatoms. The number of hydrogen-bond donors (Lipinski definition) is 0. The molecule has 3 aliphatic carbocycles. The molecule has 13 heavy (non-hydrogen) atoms. The summed E-state index contributed by atoms with van der Waals surface area (Å²) in [5.74, 6) is 4.37. The van der Waals surface area contributed by atoms with Gasteiger partial charge in [-0.3, -0.25) is 0 Å². The van der Waals surface area contributed by atoms with E-state index < -0.39 is 0 Å². The van der Waals surface area contributed by atoms with Gasteiger partial charge >= 0.3 is 0 Å². The van der Waals surface area contributed by atoms with Crippen LogP contribution in [0.25, 0.3) is 0 Å². The van der Waals surface area contributed by atoms with E-state index in [0.717, 1.165) is 28.6 Å². The lowest BCUT2D eigenvalue weighted by Crippen LogP contribution is -2.38. The quantitative estimate of drug-likeness (QED) is 0.618. The molecule has 0 saturated heterocycles. The standard InChI is InChI=1S/C13H22/c1-5-13-10(6-8(2)3)9-7-12(13,4)11(9)13/h8-11H,5-7H2,1-4H3. The molecule has 5 atom stereocenters. The zero-order chi connectivity index (χ0) is 9.43. The molecule has 3 saturated carbocycles. The lowest BCUT2D eigenvalue weighted by atomic mass is 9.60. The molecule has 0 amide bonds. The van der Waals surface area contributed by atoms with E-state index in [4.69, 9.17) is 0 Å². The molecule has 3 rings (SSSR count). The third-order valence-electron chi connectivity index (χ3n) is 5.80. The van der Waals surface area contributed by atoms with Crippen LogP contribution in [0.15, 0.2) is 0 Å². The summed E-state index contributed by atoms with van der Waals surface area (Å²) in [6.45, 7) is 9.75. The third kappa shape index (κ3) is 0.593. The van der Waals surface area contributed by atoms with E-state index >= 15 is 0 Å². The van der Waals surface area contributed by atoms with E-state index in [1.165, 1.54) is 18.8 Å². The van der Waals surface area contributed by atoms with Gasteiger partial charge in [-0.15, -0.1) is 0 Å². The highest BCUT2D eigenvalue weighted by Gasteiger charge is 2.92. The molecule has 74 valence electrons. The number of fused-ring (bicyclic) bond motifs is 1. The molecule has 0 aromatic carbocycles. The second-order valence-electron chi connectivity index (χ2n) is 6.39. The summed E-state index contributed by atoms with van der Waals surface area (Å²) in [5.41, 5.74) is 1.67. The van der Waals surface area contributed by atoms with Crippen LogP contribution in [0.3, 0.4) is 0 Å². The maximum atomic E-state index is 2.55. The third-order valence-corrected chi connectivity index (χ3v) is 5.80. The van der Waals surface area contributed by atoms with Gasteiger partial charge in [-0.05, 0) is 53.8 Å². The fraction of sp³-hybridized carbons (Fsp3) is 1.00. The molecule has 5 unspecified atom stereocenters. The van der Waals surface area contributed by atoms with Crippen LogP contribution < -0.4 is 0 Å². The van der Waals surface area contributed by atoms with Crippen LogP contribution in [0.2, 0.25) is 0 Å². The van der Waals surface area contributed by atoms with Crippen molar-refractivity contribution in [1.29, 1.82) is 0 Å². The van der Waals surface area contributed by atoms with Gasteiger partial charge in [0.2, 0.25) is 0 Å². The molecule has 0 bridgehead atoms. The van der Waals surface area contributed by atoms with Crippen molar-refractivity contribution in [3.8, 4) is 0 Å². The molecule has 3 aliphatic rings. The molecule has 0 radical (unpaired) electrons. The van der Waals surface area contributed by atoms with E-state index in [9.17, 15) is 0 Å².